The summed E-state index contributed by atoms with van der Waals surface area (Å²) in [4.78, 5) is 14.3. The number of carbonyl (C=O) groups is 1. The molecular formula is C15H20ClN3O. The summed E-state index contributed by atoms with van der Waals surface area (Å²) >= 11 is 6.08. The smallest absolute Gasteiger partial charge is 0.321 e. The molecule has 2 aliphatic rings. The molecule has 0 saturated carbocycles. The van der Waals surface area contributed by atoms with E-state index < -0.39 is 0 Å². The van der Waals surface area contributed by atoms with Crippen molar-refractivity contribution < 1.29 is 4.79 Å². The minimum Gasteiger partial charge on any atom is -0.324 e. The van der Waals surface area contributed by atoms with Gasteiger partial charge in [-0.3, -0.25) is 0 Å². The zero-order chi connectivity index (χ0) is 14.0. The molecule has 1 aromatic rings. The van der Waals surface area contributed by atoms with E-state index in [1.54, 1.807) is 6.07 Å². The minimum absolute atomic E-state index is 0.0338. The van der Waals surface area contributed by atoms with Crippen LogP contribution in [0.15, 0.2) is 24.3 Å². The lowest BCUT2D eigenvalue weighted by Gasteiger charge is -2.33. The van der Waals surface area contributed by atoms with Crippen molar-refractivity contribution in [1.29, 1.82) is 0 Å². The Balaban J connectivity index is 1.63. The van der Waals surface area contributed by atoms with Gasteiger partial charge in [0.25, 0.3) is 0 Å². The van der Waals surface area contributed by atoms with Gasteiger partial charge in [0.1, 0.15) is 0 Å². The fraction of sp³-hybridized carbons (Fsp3) is 0.533. The number of anilines is 1. The number of halogens is 1. The lowest BCUT2D eigenvalue weighted by molar-refractivity contribution is 0.191. The Hall–Kier alpha value is -1.26. The van der Waals surface area contributed by atoms with Gasteiger partial charge in [0, 0.05) is 13.1 Å². The minimum atomic E-state index is -0.0338. The van der Waals surface area contributed by atoms with Crippen molar-refractivity contribution in [2.45, 2.75) is 19.3 Å². The number of hydrogen-bond donors (Lipinski definition) is 2. The zero-order valence-corrected chi connectivity index (χ0v) is 12.2. The van der Waals surface area contributed by atoms with Gasteiger partial charge in [0.15, 0.2) is 0 Å². The van der Waals surface area contributed by atoms with Crippen LogP contribution in [0.4, 0.5) is 10.5 Å². The van der Waals surface area contributed by atoms with Crippen molar-refractivity contribution in [2.75, 3.05) is 31.5 Å². The van der Waals surface area contributed by atoms with E-state index >= 15 is 0 Å². The number of nitrogens with zero attached hydrogens (tertiary/aromatic N) is 1. The summed E-state index contributed by atoms with van der Waals surface area (Å²) in [7, 11) is 0. The number of piperidine rings is 1. The second kappa shape index (κ2) is 5.62. The maximum Gasteiger partial charge on any atom is 0.321 e. The number of para-hydroxylation sites is 1. The summed E-state index contributed by atoms with van der Waals surface area (Å²) in [6.07, 6.45) is 3.45. The first-order chi connectivity index (χ1) is 9.69. The molecule has 3 rings (SSSR count). The Morgan fingerprint density at radius 3 is 2.75 bits per heavy atom. The molecule has 2 N–H and O–H groups in total. The Morgan fingerprint density at radius 1 is 1.25 bits per heavy atom. The molecule has 2 saturated heterocycles. The van der Waals surface area contributed by atoms with E-state index in [1.165, 1.54) is 12.8 Å². The van der Waals surface area contributed by atoms with Crippen LogP contribution < -0.4 is 10.6 Å². The summed E-state index contributed by atoms with van der Waals surface area (Å²) in [6, 6.07) is 7.32. The van der Waals surface area contributed by atoms with Crippen molar-refractivity contribution in [2.24, 2.45) is 5.41 Å². The molecule has 2 aliphatic heterocycles. The largest absolute Gasteiger partial charge is 0.324 e. The fourth-order valence-electron chi connectivity index (χ4n) is 3.23. The Morgan fingerprint density at radius 2 is 2.00 bits per heavy atom. The van der Waals surface area contributed by atoms with Gasteiger partial charge in [-0.05, 0) is 49.9 Å². The van der Waals surface area contributed by atoms with Gasteiger partial charge in [-0.25, -0.2) is 4.79 Å². The maximum absolute atomic E-state index is 12.3. The number of nitrogens with one attached hydrogen (secondary N) is 2. The maximum atomic E-state index is 12.3. The van der Waals surface area contributed by atoms with Gasteiger partial charge in [-0.1, -0.05) is 23.7 Å². The van der Waals surface area contributed by atoms with E-state index in [2.05, 4.69) is 10.6 Å². The monoisotopic (exact) mass is 293 g/mol. The molecule has 2 heterocycles. The molecular weight excluding hydrogens is 274 g/mol. The Kier molecular flexibility index (Phi) is 3.85. The Bertz CT molecular complexity index is 500. The van der Waals surface area contributed by atoms with Gasteiger partial charge >= 0.3 is 6.03 Å². The molecule has 0 aliphatic carbocycles. The predicted molar refractivity (Wildman–Crippen MR) is 81.2 cm³/mol. The first-order valence-electron chi connectivity index (χ1n) is 7.20. The standard InChI is InChI=1S/C15H20ClN3O/c16-12-3-1-2-4-13(12)18-14(20)19-10-7-15(11-19)5-8-17-9-6-15/h1-4,17H,5-11H2,(H,18,20). The van der Waals surface area contributed by atoms with Crippen LogP contribution in [-0.4, -0.2) is 37.1 Å². The third-order valence-corrected chi connectivity index (χ3v) is 4.83. The van der Waals surface area contributed by atoms with Crippen LogP contribution in [0, 0.1) is 5.41 Å². The zero-order valence-electron chi connectivity index (χ0n) is 11.5. The van der Waals surface area contributed by atoms with Crippen molar-refractivity contribution in [1.82, 2.24) is 10.2 Å². The molecule has 1 spiro atoms. The molecule has 1 aromatic carbocycles. The number of hydrogen-bond acceptors (Lipinski definition) is 2. The highest BCUT2D eigenvalue weighted by atomic mass is 35.5. The van der Waals surface area contributed by atoms with Gasteiger partial charge in [-0.2, -0.15) is 0 Å². The molecule has 108 valence electrons. The molecule has 0 radical (unpaired) electrons. The number of carbonyl (C=O) groups excluding carboxylic acids is 1. The molecule has 2 amide bonds. The second-order valence-electron chi connectivity index (χ2n) is 5.83. The van der Waals surface area contributed by atoms with Crippen LogP contribution >= 0.6 is 11.6 Å². The number of rotatable bonds is 1. The summed E-state index contributed by atoms with van der Waals surface area (Å²) in [6.45, 7) is 3.85. The Labute approximate surface area is 124 Å². The topological polar surface area (TPSA) is 44.4 Å². The highest BCUT2D eigenvalue weighted by Crippen LogP contribution is 2.38. The van der Waals surface area contributed by atoms with E-state index in [1.807, 2.05) is 23.1 Å². The normalized spacial score (nSPS) is 21.1. The lowest BCUT2D eigenvalue weighted by Crippen LogP contribution is -2.40. The molecule has 4 nitrogen and oxygen atoms in total. The number of urea groups is 1. The van der Waals surface area contributed by atoms with E-state index in [9.17, 15) is 4.79 Å². The van der Waals surface area contributed by atoms with Gasteiger partial charge in [0.05, 0.1) is 10.7 Å². The quantitative estimate of drug-likeness (QED) is 0.836. The van der Waals surface area contributed by atoms with Gasteiger partial charge in [-0.15, -0.1) is 0 Å². The fourth-order valence-corrected chi connectivity index (χ4v) is 3.41. The predicted octanol–water partition coefficient (Wildman–Crippen LogP) is 2.95. The molecule has 0 atom stereocenters. The SMILES string of the molecule is O=C(Nc1ccccc1Cl)N1CCC2(CCNCC2)C1. The highest BCUT2D eigenvalue weighted by molar-refractivity contribution is 6.33. The summed E-state index contributed by atoms with van der Waals surface area (Å²) < 4.78 is 0. The molecule has 5 heteroatoms. The first kappa shape index (κ1) is 13.7. The lowest BCUT2D eigenvalue weighted by atomic mass is 9.78. The summed E-state index contributed by atoms with van der Waals surface area (Å²) in [5.41, 5.74) is 1.02. The van der Waals surface area contributed by atoms with Crippen LogP contribution in [0.2, 0.25) is 5.02 Å². The molecule has 0 bridgehead atoms. The number of likely N-dealkylation sites (tertiary alicyclic amines) is 1. The molecule has 0 unspecified atom stereocenters. The van der Waals surface area contributed by atoms with Crippen LogP contribution in [-0.2, 0) is 0 Å². The average molecular weight is 294 g/mol. The van der Waals surface area contributed by atoms with Crippen molar-refractivity contribution >= 4 is 23.3 Å². The molecule has 20 heavy (non-hydrogen) atoms. The van der Waals surface area contributed by atoms with Gasteiger partial charge in [0.2, 0.25) is 0 Å². The van der Waals surface area contributed by atoms with Crippen molar-refractivity contribution in [3.63, 3.8) is 0 Å². The first-order valence-corrected chi connectivity index (χ1v) is 7.58. The van der Waals surface area contributed by atoms with Crippen LogP contribution in [0.25, 0.3) is 0 Å². The van der Waals surface area contributed by atoms with E-state index in [-0.39, 0.29) is 6.03 Å². The van der Waals surface area contributed by atoms with Crippen molar-refractivity contribution in [3.05, 3.63) is 29.3 Å². The van der Waals surface area contributed by atoms with E-state index in [4.69, 9.17) is 11.6 Å². The third-order valence-electron chi connectivity index (χ3n) is 4.51. The molecule has 2 fully saturated rings. The van der Waals surface area contributed by atoms with Crippen LogP contribution in [0.1, 0.15) is 19.3 Å². The number of amides is 2. The highest BCUT2D eigenvalue weighted by Gasteiger charge is 2.40. The average Bonchev–Trinajstić information content (AvgIpc) is 2.86. The van der Waals surface area contributed by atoms with Crippen LogP contribution in [0.3, 0.4) is 0 Å². The second-order valence-corrected chi connectivity index (χ2v) is 6.24. The summed E-state index contributed by atoms with van der Waals surface area (Å²) in [5.74, 6) is 0. The van der Waals surface area contributed by atoms with Crippen LogP contribution in [0.5, 0.6) is 0 Å². The third kappa shape index (κ3) is 2.76. The van der Waals surface area contributed by atoms with E-state index in [0.29, 0.717) is 16.1 Å². The van der Waals surface area contributed by atoms with Gasteiger partial charge < -0.3 is 15.5 Å². The number of benzene rings is 1. The van der Waals surface area contributed by atoms with Crippen molar-refractivity contribution in [3.8, 4) is 0 Å². The van der Waals surface area contributed by atoms with E-state index in [0.717, 1.165) is 32.6 Å². The summed E-state index contributed by atoms with van der Waals surface area (Å²) in [5, 5.41) is 6.88. The molecule has 0 aromatic heterocycles.